The van der Waals surface area contributed by atoms with Gasteiger partial charge in [0.2, 0.25) is 0 Å². The van der Waals surface area contributed by atoms with Crippen LogP contribution in [0.25, 0.3) is 0 Å². The van der Waals surface area contributed by atoms with Crippen molar-refractivity contribution >= 4 is 17.6 Å². The Labute approximate surface area is 176 Å². The minimum Gasteiger partial charge on any atom is -0.465 e. The molecule has 2 bridgehead atoms. The number of carbonyl (C=O) groups is 2. The predicted octanol–water partition coefficient (Wildman–Crippen LogP) is 4.86. The van der Waals surface area contributed by atoms with Gasteiger partial charge in [0.25, 0.3) is 0 Å². The molecule has 5 nitrogen and oxygen atoms in total. The van der Waals surface area contributed by atoms with E-state index in [0.717, 1.165) is 11.3 Å². The van der Waals surface area contributed by atoms with E-state index in [4.69, 9.17) is 9.47 Å². The fraction of sp³-hybridized carbons (Fsp3) is 0.440. The maximum atomic E-state index is 12.3. The highest BCUT2D eigenvalue weighted by Gasteiger charge is 2.54. The lowest BCUT2D eigenvalue weighted by molar-refractivity contribution is 0.0591. The molecular formula is C25H27NO4. The van der Waals surface area contributed by atoms with E-state index in [1.54, 1.807) is 0 Å². The third-order valence-electron chi connectivity index (χ3n) is 7.62. The highest BCUT2D eigenvalue weighted by Crippen LogP contribution is 2.64. The van der Waals surface area contributed by atoms with Crippen LogP contribution in [0.1, 0.15) is 68.6 Å². The molecule has 0 radical (unpaired) electrons. The minimum atomic E-state index is -0.320. The Morgan fingerprint density at radius 2 is 1.63 bits per heavy atom. The lowest BCUT2D eigenvalue weighted by atomic mass is 9.67. The summed E-state index contributed by atoms with van der Waals surface area (Å²) in [4.78, 5) is 24.1. The number of ether oxygens (including phenoxy) is 2. The molecule has 2 aromatic rings. The Hall–Kier alpha value is -2.82. The number of fused-ring (bicyclic) bond motifs is 7. The summed E-state index contributed by atoms with van der Waals surface area (Å²) in [5.41, 5.74) is 5.74. The summed E-state index contributed by atoms with van der Waals surface area (Å²) in [6, 6.07) is 12.0. The van der Waals surface area contributed by atoms with Crippen LogP contribution in [-0.2, 0) is 9.47 Å². The van der Waals surface area contributed by atoms with Crippen molar-refractivity contribution in [2.75, 3.05) is 19.5 Å². The molecule has 2 fully saturated rings. The summed E-state index contributed by atoms with van der Waals surface area (Å²) >= 11 is 0. The molecule has 3 aliphatic rings. The molecule has 1 N–H and O–H groups in total. The first-order chi connectivity index (χ1) is 14.5. The highest BCUT2D eigenvalue weighted by molar-refractivity contribution is 5.93. The van der Waals surface area contributed by atoms with Gasteiger partial charge in [0.15, 0.2) is 0 Å². The summed E-state index contributed by atoms with van der Waals surface area (Å²) in [5, 5.41) is 3.80. The lowest BCUT2D eigenvalue weighted by Gasteiger charge is -2.44. The largest absolute Gasteiger partial charge is 0.465 e. The summed E-state index contributed by atoms with van der Waals surface area (Å²) in [6.45, 7) is 2.00. The van der Waals surface area contributed by atoms with Gasteiger partial charge in [0, 0.05) is 5.69 Å². The Morgan fingerprint density at radius 3 is 2.33 bits per heavy atom. The van der Waals surface area contributed by atoms with Gasteiger partial charge in [-0.25, -0.2) is 9.59 Å². The van der Waals surface area contributed by atoms with Crippen molar-refractivity contribution in [3.63, 3.8) is 0 Å². The second-order valence-corrected chi connectivity index (χ2v) is 8.87. The van der Waals surface area contributed by atoms with Crippen molar-refractivity contribution in [3.8, 4) is 0 Å². The van der Waals surface area contributed by atoms with Crippen LogP contribution >= 0.6 is 0 Å². The zero-order valence-electron chi connectivity index (χ0n) is 17.6. The zero-order chi connectivity index (χ0) is 21.0. The van der Waals surface area contributed by atoms with E-state index in [2.05, 4.69) is 11.4 Å². The molecule has 2 aliphatic carbocycles. The van der Waals surface area contributed by atoms with Crippen LogP contribution in [0.2, 0.25) is 0 Å². The maximum Gasteiger partial charge on any atom is 0.338 e. The normalized spacial score (nSPS) is 28.3. The molecule has 0 aromatic heterocycles. The van der Waals surface area contributed by atoms with Crippen molar-refractivity contribution in [2.45, 2.75) is 38.1 Å². The van der Waals surface area contributed by atoms with E-state index in [1.807, 2.05) is 37.3 Å². The quantitative estimate of drug-likeness (QED) is 0.739. The van der Waals surface area contributed by atoms with E-state index in [9.17, 15) is 9.59 Å². The summed E-state index contributed by atoms with van der Waals surface area (Å²) in [6.07, 6.45) is 3.86. The second-order valence-electron chi connectivity index (χ2n) is 8.87. The Bertz CT molecular complexity index is 1010. The van der Waals surface area contributed by atoms with Crippen molar-refractivity contribution in [1.29, 1.82) is 0 Å². The number of nitrogens with one attached hydrogen (secondary N) is 1. The minimum absolute atomic E-state index is 0.163. The average molecular weight is 405 g/mol. The van der Waals surface area contributed by atoms with E-state index in [1.165, 1.54) is 44.6 Å². The van der Waals surface area contributed by atoms with Crippen LogP contribution in [0.3, 0.4) is 0 Å². The topological polar surface area (TPSA) is 64.6 Å². The first-order valence-corrected chi connectivity index (χ1v) is 10.7. The predicted molar refractivity (Wildman–Crippen MR) is 114 cm³/mol. The monoisotopic (exact) mass is 405 g/mol. The molecule has 1 heterocycles. The molecule has 0 unspecified atom stereocenters. The van der Waals surface area contributed by atoms with Gasteiger partial charge in [-0.15, -0.1) is 0 Å². The number of hydrogen-bond donors (Lipinski definition) is 1. The summed E-state index contributed by atoms with van der Waals surface area (Å²) in [7, 11) is 2.82. The third-order valence-corrected chi connectivity index (χ3v) is 7.62. The molecule has 156 valence electrons. The molecule has 2 saturated carbocycles. The molecule has 2 aromatic carbocycles. The second kappa shape index (κ2) is 7.15. The van der Waals surface area contributed by atoms with Gasteiger partial charge in [-0.3, -0.25) is 0 Å². The number of hydrogen-bond acceptors (Lipinski definition) is 5. The van der Waals surface area contributed by atoms with Crippen LogP contribution in [0.4, 0.5) is 5.69 Å². The number of methoxy groups -OCH3 is 2. The van der Waals surface area contributed by atoms with Crippen molar-refractivity contribution in [3.05, 3.63) is 64.2 Å². The number of anilines is 1. The number of carbonyl (C=O) groups excluding carboxylic acids is 2. The van der Waals surface area contributed by atoms with Crippen molar-refractivity contribution < 1.29 is 19.1 Å². The molecule has 0 saturated heterocycles. The molecule has 5 rings (SSSR count). The highest BCUT2D eigenvalue weighted by atomic mass is 16.5. The molecular weight excluding hydrogens is 378 g/mol. The zero-order valence-corrected chi connectivity index (χ0v) is 17.6. The van der Waals surface area contributed by atoms with Gasteiger partial charge in [-0.1, -0.05) is 18.2 Å². The van der Waals surface area contributed by atoms with Gasteiger partial charge in [-0.05, 0) is 84.7 Å². The molecule has 5 atom stereocenters. The van der Waals surface area contributed by atoms with Crippen LogP contribution in [0, 0.1) is 24.7 Å². The van der Waals surface area contributed by atoms with Crippen molar-refractivity contribution in [1.82, 2.24) is 0 Å². The van der Waals surface area contributed by atoms with Gasteiger partial charge in [0.1, 0.15) is 0 Å². The molecule has 0 amide bonds. The molecule has 30 heavy (non-hydrogen) atoms. The fourth-order valence-corrected chi connectivity index (χ4v) is 6.31. The SMILES string of the molecule is COC(=O)c1ccc([C@@H]2Nc3c(ccc(C(=O)OC)c3C)[C@@H]3[C@H]4CC[C@@H](C4)[C@@H]32)cc1. The fourth-order valence-electron chi connectivity index (χ4n) is 6.31. The summed E-state index contributed by atoms with van der Waals surface area (Å²) in [5.74, 6) is 1.85. The molecule has 0 spiro atoms. The van der Waals surface area contributed by atoms with E-state index >= 15 is 0 Å². The Morgan fingerprint density at radius 1 is 0.933 bits per heavy atom. The third kappa shape index (κ3) is 2.75. The number of esters is 2. The standard InChI is InChI=1S/C25H27NO4/c1-13-18(25(28)30-3)10-11-19-20-16-8-9-17(12-16)21(20)23(26-22(13)19)14-4-6-15(7-5-14)24(27)29-2/h4-7,10-11,16-17,20-21,23,26H,8-9,12H2,1-3H3/t16-,17-,20-,21-,23-/m0/s1. The van der Waals surface area contributed by atoms with Gasteiger partial charge < -0.3 is 14.8 Å². The first-order valence-electron chi connectivity index (χ1n) is 10.7. The Balaban J connectivity index is 1.59. The number of benzene rings is 2. The van der Waals surface area contributed by atoms with Crippen LogP contribution in [-0.4, -0.2) is 26.2 Å². The van der Waals surface area contributed by atoms with E-state index in [-0.39, 0.29) is 18.0 Å². The average Bonchev–Trinajstić information content (AvgIpc) is 3.41. The lowest BCUT2D eigenvalue weighted by Crippen LogP contribution is -2.36. The van der Waals surface area contributed by atoms with E-state index in [0.29, 0.717) is 34.8 Å². The van der Waals surface area contributed by atoms with Gasteiger partial charge >= 0.3 is 11.9 Å². The van der Waals surface area contributed by atoms with Crippen molar-refractivity contribution in [2.24, 2.45) is 17.8 Å². The Kier molecular flexibility index (Phi) is 4.57. The summed E-state index contributed by atoms with van der Waals surface area (Å²) < 4.78 is 9.83. The van der Waals surface area contributed by atoms with E-state index < -0.39 is 0 Å². The first kappa shape index (κ1) is 19.2. The van der Waals surface area contributed by atoms with Crippen LogP contribution in [0.5, 0.6) is 0 Å². The maximum absolute atomic E-state index is 12.3. The van der Waals surface area contributed by atoms with Gasteiger partial charge in [-0.2, -0.15) is 0 Å². The van der Waals surface area contributed by atoms with Gasteiger partial charge in [0.05, 0.1) is 31.4 Å². The molecule has 1 aliphatic heterocycles. The molecule has 5 heteroatoms. The smallest absolute Gasteiger partial charge is 0.338 e. The van der Waals surface area contributed by atoms with Crippen LogP contribution in [0.15, 0.2) is 36.4 Å². The number of rotatable bonds is 3. The van der Waals surface area contributed by atoms with Crippen LogP contribution < -0.4 is 5.32 Å².